The number of aryl methyl sites for hydroxylation is 3. The molecule has 0 N–H and O–H groups in total. The van der Waals surface area contributed by atoms with Crippen molar-refractivity contribution in [3.63, 3.8) is 0 Å². The fourth-order valence-electron chi connectivity index (χ4n) is 2.31. The van der Waals surface area contributed by atoms with Gasteiger partial charge in [0.15, 0.2) is 17.8 Å². The monoisotopic (exact) mass is 259 g/mol. The van der Waals surface area contributed by atoms with Crippen molar-refractivity contribution in [1.82, 2.24) is 4.98 Å². The summed E-state index contributed by atoms with van der Waals surface area (Å²) in [6, 6.07) is 4.11. The van der Waals surface area contributed by atoms with Gasteiger partial charge >= 0.3 is 5.97 Å². The molecule has 0 fully saturated rings. The van der Waals surface area contributed by atoms with E-state index in [1.165, 1.54) is 12.0 Å². The molecule has 0 aliphatic heterocycles. The average Bonchev–Trinajstić information content (AvgIpc) is 2.77. The average molecular weight is 259 g/mol. The van der Waals surface area contributed by atoms with Crippen LogP contribution in [0.1, 0.15) is 34.1 Å². The molecule has 0 atom stereocenters. The molecule has 1 aromatic carbocycles. The van der Waals surface area contributed by atoms with Gasteiger partial charge in [0.25, 0.3) is 0 Å². The topological polar surface area (TPSA) is 52.3 Å². The van der Waals surface area contributed by atoms with Crippen LogP contribution in [0.2, 0.25) is 0 Å². The Bertz CT molecular complexity index is 591. The maximum atomic E-state index is 11.8. The van der Waals surface area contributed by atoms with E-state index in [9.17, 15) is 4.79 Å². The predicted molar refractivity (Wildman–Crippen MR) is 72.1 cm³/mol. The van der Waals surface area contributed by atoms with E-state index < -0.39 is 5.97 Å². The quantitative estimate of drug-likeness (QED) is 0.792. The standard InChI is InChI=1S/C15H17NO3/c1-5-18-15(17)13-14(19-8-16-13)12-10(3)6-9(2)7-11(12)4/h6-8H,5H2,1-4H3. The minimum Gasteiger partial charge on any atom is -0.461 e. The molecular weight excluding hydrogens is 242 g/mol. The molecule has 19 heavy (non-hydrogen) atoms. The Kier molecular flexibility index (Phi) is 3.69. The highest BCUT2D eigenvalue weighted by Gasteiger charge is 2.22. The molecule has 0 aliphatic carbocycles. The zero-order chi connectivity index (χ0) is 14.0. The first-order valence-electron chi connectivity index (χ1n) is 6.23. The van der Waals surface area contributed by atoms with Gasteiger partial charge in [0.2, 0.25) is 0 Å². The fraction of sp³-hybridized carbons (Fsp3) is 0.333. The summed E-state index contributed by atoms with van der Waals surface area (Å²) in [5, 5.41) is 0. The van der Waals surface area contributed by atoms with E-state index in [2.05, 4.69) is 17.1 Å². The summed E-state index contributed by atoms with van der Waals surface area (Å²) in [6.45, 7) is 8.10. The third kappa shape index (κ3) is 2.52. The van der Waals surface area contributed by atoms with Gasteiger partial charge in [0.05, 0.1) is 6.61 Å². The summed E-state index contributed by atoms with van der Waals surface area (Å²) in [5.74, 6) is 0.0269. The van der Waals surface area contributed by atoms with Crippen LogP contribution in [-0.4, -0.2) is 17.6 Å². The molecule has 0 unspecified atom stereocenters. The summed E-state index contributed by atoms with van der Waals surface area (Å²) >= 11 is 0. The van der Waals surface area contributed by atoms with Gasteiger partial charge in [0.1, 0.15) is 0 Å². The minimum atomic E-state index is -0.453. The summed E-state index contributed by atoms with van der Waals surface area (Å²) in [4.78, 5) is 15.8. The van der Waals surface area contributed by atoms with Gasteiger partial charge in [-0.2, -0.15) is 0 Å². The molecule has 0 saturated heterocycles. The lowest BCUT2D eigenvalue weighted by atomic mass is 9.97. The third-order valence-electron chi connectivity index (χ3n) is 2.94. The van der Waals surface area contributed by atoms with E-state index >= 15 is 0 Å². The van der Waals surface area contributed by atoms with E-state index in [0.717, 1.165) is 16.7 Å². The highest BCUT2D eigenvalue weighted by molar-refractivity contribution is 5.94. The number of hydrogen-bond donors (Lipinski definition) is 0. The van der Waals surface area contributed by atoms with Crippen LogP contribution in [0.25, 0.3) is 11.3 Å². The van der Waals surface area contributed by atoms with Gasteiger partial charge < -0.3 is 9.15 Å². The number of nitrogens with zero attached hydrogens (tertiary/aromatic N) is 1. The fourth-order valence-corrected chi connectivity index (χ4v) is 2.31. The van der Waals surface area contributed by atoms with Crippen LogP contribution in [0.15, 0.2) is 22.9 Å². The van der Waals surface area contributed by atoms with E-state index in [0.29, 0.717) is 12.4 Å². The zero-order valence-electron chi connectivity index (χ0n) is 11.6. The number of oxazole rings is 1. The van der Waals surface area contributed by atoms with Crippen molar-refractivity contribution >= 4 is 5.97 Å². The number of carbonyl (C=O) groups excluding carboxylic acids is 1. The summed E-state index contributed by atoms with van der Waals surface area (Å²) in [7, 11) is 0. The Morgan fingerprint density at radius 1 is 1.26 bits per heavy atom. The van der Waals surface area contributed by atoms with Crippen LogP contribution in [0, 0.1) is 20.8 Å². The lowest BCUT2D eigenvalue weighted by molar-refractivity contribution is 0.0520. The summed E-state index contributed by atoms with van der Waals surface area (Å²) in [5.41, 5.74) is 4.43. The van der Waals surface area contributed by atoms with E-state index in [1.54, 1.807) is 6.92 Å². The van der Waals surface area contributed by atoms with Crippen LogP contribution >= 0.6 is 0 Å². The lowest BCUT2D eigenvalue weighted by Crippen LogP contribution is -2.07. The molecule has 0 saturated carbocycles. The minimum absolute atomic E-state index is 0.233. The molecule has 100 valence electrons. The molecule has 0 radical (unpaired) electrons. The largest absolute Gasteiger partial charge is 0.461 e. The second kappa shape index (κ2) is 5.26. The number of rotatable bonds is 3. The molecule has 4 heteroatoms. The van der Waals surface area contributed by atoms with Crippen LogP contribution < -0.4 is 0 Å². The number of esters is 1. The summed E-state index contributed by atoms with van der Waals surface area (Å²) < 4.78 is 10.4. The molecule has 1 heterocycles. The summed E-state index contributed by atoms with van der Waals surface area (Å²) in [6.07, 6.45) is 1.28. The molecule has 1 aromatic heterocycles. The maximum Gasteiger partial charge on any atom is 0.360 e. The van der Waals surface area contributed by atoms with Crippen LogP contribution in [0.5, 0.6) is 0 Å². The Labute approximate surface area is 112 Å². The SMILES string of the molecule is CCOC(=O)c1ncoc1-c1c(C)cc(C)cc1C. The van der Waals surface area contributed by atoms with Crippen molar-refractivity contribution in [3.05, 3.63) is 40.9 Å². The molecule has 2 aromatic rings. The molecule has 4 nitrogen and oxygen atoms in total. The van der Waals surface area contributed by atoms with Gasteiger partial charge in [-0.15, -0.1) is 0 Å². The maximum absolute atomic E-state index is 11.8. The molecule has 2 rings (SSSR count). The third-order valence-corrected chi connectivity index (χ3v) is 2.94. The van der Waals surface area contributed by atoms with Crippen molar-refractivity contribution in [2.45, 2.75) is 27.7 Å². The normalized spacial score (nSPS) is 10.5. The highest BCUT2D eigenvalue weighted by atomic mass is 16.5. The zero-order valence-corrected chi connectivity index (χ0v) is 11.6. The number of aromatic nitrogens is 1. The van der Waals surface area contributed by atoms with Gasteiger partial charge in [-0.05, 0) is 38.8 Å². The number of benzene rings is 1. The van der Waals surface area contributed by atoms with E-state index in [4.69, 9.17) is 9.15 Å². The predicted octanol–water partition coefficient (Wildman–Crippen LogP) is 3.44. The van der Waals surface area contributed by atoms with Crippen LogP contribution in [0.4, 0.5) is 0 Å². The number of hydrogen-bond acceptors (Lipinski definition) is 4. The number of ether oxygens (including phenoxy) is 1. The smallest absolute Gasteiger partial charge is 0.360 e. The van der Waals surface area contributed by atoms with Gasteiger partial charge in [-0.25, -0.2) is 9.78 Å². The van der Waals surface area contributed by atoms with Crippen molar-refractivity contribution in [3.8, 4) is 11.3 Å². The van der Waals surface area contributed by atoms with Crippen molar-refractivity contribution < 1.29 is 13.9 Å². The number of carbonyl (C=O) groups is 1. The van der Waals surface area contributed by atoms with Gasteiger partial charge in [-0.3, -0.25) is 0 Å². The Balaban J connectivity index is 2.55. The lowest BCUT2D eigenvalue weighted by Gasteiger charge is -2.09. The first-order valence-corrected chi connectivity index (χ1v) is 6.23. The molecule has 0 aliphatic rings. The Hall–Kier alpha value is -2.10. The first-order chi connectivity index (χ1) is 9.04. The molecular formula is C15H17NO3. The van der Waals surface area contributed by atoms with E-state index in [-0.39, 0.29) is 5.69 Å². The second-order valence-electron chi connectivity index (χ2n) is 4.52. The van der Waals surface area contributed by atoms with E-state index in [1.807, 2.05) is 20.8 Å². The van der Waals surface area contributed by atoms with Gasteiger partial charge in [0, 0.05) is 5.56 Å². The van der Waals surface area contributed by atoms with Crippen LogP contribution in [0.3, 0.4) is 0 Å². The Morgan fingerprint density at radius 3 is 2.47 bits per heavy atom. The highest BCUT2D eigenvalue weighted by Crippen LogP contribution is 2.31. The van der Waals surface area contributed by atoms with Gasteiger partial charge in [-0.1, -0.05) is 17.7 Å². The molecule has 0 spiro atoms. The second-order valence-corrected chi connectivity index (χ2v) is 4.52. The van der Waals surface area contributed by atoms with Crippen molar-refractivity contribution in [2.24, 2.45) is 0 Å². The van der Waals surface area contributed by atoms with Crippen LogP contribution in [-0.2, 0) is 4.74 Å². The molecule has 0 amide bonds. The first kappa shape index (κ1) is 13.3. The van der Waals surface area contributed by atoms with Crippen molar-refractivity contribution in [2.75, 3.05) is 6.61 Å². The van der Waals surface area contributed by atoms with Crippen molar-refractivity contribution in [1.29, 1.82) is 0 Å². The molecule has 0 bridgehead atoms. The Morgan fingerprint density at radius 2 is 1.89 bits per heavy atom.